The Hall–Kier alpha value is -4.44. The van der Waals surface area contributed by atoms with Gasteiger partial charge in [-0.2, -0.15) is 0 Å². The summed E-state index contributed by atoms with van der Waals surface area (Å²) < 4.78 is 19.9. The number of likely N-dealkylation sites (N-methyl/N-ethyl adjacent to an activating group) is 1. The third-order valence-corrected chi connectivity index (χ3v) is 6.78. The van der Waals surface area contributed by atoms with Crippen molar-refractivity contribution < 1.29 is 18.7 Å². The summed E-state index contributed by atoms with van der Waals surface area (Å²) in [6, 6.07) is 14.3. The van der Waals surface area contributed by atoms with Gasteiger partial charge in [-0.25, -0.2) is 9.18 Å². The number of aromatic nitrogens is 1. The van der Waals surface area contributed by atoms with Gasteiger partial charge in [-0.15, -0.1) is 0 Å². The molecule has 1 atom stereocenters. The quantitative estimate of drug-likeness (QED) is 0.429. The highest BCUT2D eigenvalue weighted by atomic mass is 19.1. The predicted octanol–water partition coefficient (Wildman–Crippen LogP) is 4.66. The number of anilines is 2. The maximum absolute atomic E-state index is 13.9. The Bertz CT molecular complexity index is 1390. The number of halogens is 1. The van der Waals surface area contributed by atoms with E-state index in [0.29, 0.717) is 23.6 Å². The van der Waals surface area contributed by atoms with Crippen molar-refractivity contribution in [3.05, 3.63) is 89.6 Å². The molecule has 1 saturated heterocycles. The van der Waals surface area contributed by atoms with Crippen molar-refractivity contribution in [1.29, 1.82) is 0 Å². The molecule has 9 nitrogen and oxygen atoms in total. The highest BCUT2D eigenvalue weighted by Crippen LogP contribution is 2.30. The number of pyridine rings is 1. The first-order valence-electron chi connectivity index (χ1n) is 12.8. The van der Waals surface area contributed by atoms with Crippen LogP contribution in [0.5, 0.6) is 11.5 Å². The van der Waals surface area contributed by atoms with Gasteiger partial charge in [0.1, 0.15) is 17.3 Å². The van der Waals surface area contributed by atoms with Crippen LogP contribution in [0.15, 0.2) is 72.6 Å². The minimum atomic E-state index is -0.546. The Morgan fingerprint density at radius 1 is 1.00 bits per heavy atom. The van der Waals surface area contributed by atoms with Crippen molar-refractivity contribution >= 4 is 23.3 Å². The van der Waals surface area contributed by atoms with E-state index in [1.807, 2.05) is 17.9 Å². The Morgan fingerprint density at radius 3 is 2.54 bits per heavy atom. The number of aryl methyl sites for hydroxylation is 1. The zero-order chi connectivity index (χ0) is 27.4. The Morgan fingerprint density at radius 2 is 1.77 bits per heavy atom. The lowest BCUT2D eigenvalue weighted by atomic mass is 10.1. The van der Waals surface area contributed by atoms with Crippen LogP contribution in [0.3, 0.4) is 0 Å². The van der Waals surface area contributed by atoms with E-state index in [0.717, 1.165) is 43.0 Å². The summed E-state index contributed by atoms with van der Waals surface area (Å²) >= 11 is 0. The van der Waals surface area contributed by atoms with Gasteiger partial charge in [0.25, 0.3) is 5.91 Å². The summed E-state index contributed by atoms with van der Waals surface area (Å²) in [5.74, 6) is 0.759. The molecule has 1 aromatic heterocycles. The number of hydrogen-bond donors (Lipinski definition) is 3. The summed E-state index contributed by atoms with van der Waals surface area (Å²) in [5.41, 5.74) is 3.02. The number of nitrogens with zero attached hydrogens (tertiary/aromatic N) is 3. The van der Waals surface area contributed by atoms with Crippen LogP contribution in [-0.2, 0) is 4.79 Å². The Kier molecular flexibility index (Phi) is 7.74. The van der Waals surface area contributed by atoms with Crippen LogP contribution in [-0.4, -0.2) is 59.9 Å². The molecule has 10 heteroatoms. The summed E-state index contributed by atoms with van der Waals surface area (Å²) in [6.07, 6.45) is 4.05. The van der Waals surface area contributed by atoms with Gasteiger partial charge in [-0.1, -0.05) is 6.07 Å². The fourth-order valence-electron chi connectivity index (χ4n) is 4.53. The molecule has 3 N–H and O–H groups in total. The number of nitrogens with one attached hydrogen (secondary N) is 3. The average molecular weight is 531 g/mol. The maximum atomic E-state index is 13.9. The number of benzene rings is 2. The molecular weight excluding hydrogens is 499 g/mol. The minimum absolute atomic E-state index is 0.0805. The van der Waals surface area contributed by atoms with Gasteiger partial charge in [0.2, 0.25) is 0 Å². The second kappa shape index (κ2) is 11.5. The predicted molar refractivity (Wildman–Crippen MR) is 147 cm³/mol. The third kappa shape index (κ3) is 6.53. The second-order valence-electron chi connectivity index (χ2n) is 9.79. The average Bonchev–Trinajstić information content (AvgIpc) is 3.43. The van der Waals surface area contributed by atoms with Gasteiger partial charge in [0.05, 0.1) is 17.4 Å². The monoisotopic (exact) mass is 530 g/mol. The molecule has 5 rings (SSSR count). The fraction of sp³-hybridized carbons (Fsp3) is 0.276. The molecule has 2 aromatic carbocycles. The van der Waals surface area contributed by atoms with Gasteiger partial charge in [-0.05, 0) is 62.0 Å². The number of urea groups is 1. The molecule has 0 saturated carbocycles. The zero-order valence-corrected chi connectivity index (χ0v) is 21.9. The first-order chi connectivity index (χ1) is 18.8. The number of amides is 3. The molecule has 39 heavy (non-hydrogen) atoms. The number of carbonyl (C=O) groups excluding carboxylic acids is 2. The van der Waals surface area contributed by atoms with E-state index in [1.165, 1.54) is 6.07 Å². The summed E-state index contributed by atoms with van der Waals surface area (Å²) in [7, 11) is 2.07. The van der Waals surface area contributed by atoms with Crippen molar-refractivity contribution in [1.82, 2.24) is 20.1 Å². The maximum Gasteiger partial charge on any atom is 0.323 e. The minimum Gasteiger partial charge on any atom is -0.457 e. The third-order valence-electron chi connectivity index (χ3n) is 6.78. The van der Waals surface area contributed by atoms with Crippen LogP contribution in [0.1, 0.15) is 23.7 Å². The van der Waals surface area contributed by atoms with E-state index in [2.05, 4.69) is 32.9 Å². The van der Waals surface area contributed by atoms with Crippen LogP contribution in [0.25, 0.3) is 0 Å². The fourth-order valence-corrected chi connectivity index (χ4v) is 4.53. The molecule has 0 bridgehead atoms. The Balaban J connectivity index is 1.15. The topological polar surface area (TPSA) is 98.8 Å². The number of piperazine rings is 1. The van der Waals surface area contributed by atoms with E-state index in [4.69, 9.17) is 4.74 Å². The molecule has 3 heterocycles. The summed E-state index contributed by atoms with van der Waals surface area (Å²) in [5, 5.41) is 8.49. The van der Waals surface area contributed by atoms with E-state index in [9.17, 15) is 14.0 Å². The van der Waals surface area contributed by atoms with Crippen molar-refractivity contribution in [3.8, 4) is 11.5 Å². The van der Waals surface area contributed by atoms with E-state index < -0.39 is 11.8 Å². The van der Waals surface area contributed by atoms with Crippen LogP contribution in [0.2, 0.25) is 0 Å². The van der Waals surface area contributed by atoms with Crippen LogP contribution in [0.4, 0.5) is 20.6 Å². The van der Waals surface area contributed by atoms with Gasteiger partial charge < -0.3 is 30.5 Å². The molecule has 0 aliphatic carbocycles. The highest BCUT2D eigenvalue weighted by Gasteiger charge is 2.28. The molecule has 3 aromatic rings. The number of carbonyl (C=O) groups is 2. The van der Waals surface area contributed by atoms with Crippen LogP contribution < -0.4 is 20.7 Å². The standard InChI is InChI=1S/C29H31FN6O3/c1-19-3-8-24(30)25(15-19)34-29(38)33-21-4-6-22(7-5-21)39-23-9-10-31-27(17-23)26-16-20(18-32-26)28(37)36-13-11-35(2)12-14-36/h3-10,15,17-18,26,32H,11-14,16H2,1-2H3,(H2,33,34,38). The normalized spacial score (nSPS) is 17.3. The zero-order valence-electron chi connectivity index (χ0n) is 21.9. The van der Waals surface area contributed by atoms with Crippen molar-refractivity contribution in [2.45, 2.75) is 19.4 Å². The molecule has 0 radical (unpaired) electrons. The molecule has 2 aliphatic heterocycles. The summed E-state index contributed by atoms with van der Waals surface area (Å²) in [4.78, 5) is 33.8. The Labute approximate surface area is 226 Å². The van der Waals surface area contributed by atoms with E-state index in [-0.39, 0.29) is 17.6 Å². The van der Waals surface area contributed by atoms with E-state index in [1.54, 1.807) is 54.9 Å². The van der Waals surface area contributed by atoms with Crippen LogP contribution in [0, 0.1) is 12.7 Å². The molecule has 1 unspecified atom stereocenters. The molecule has 3 amide bonds. The van der Waals surface area contributed by atoms with Crippen molar-refractivity contribution in [2.24, 2.45) is 0 Å². The summed E-state index contributed by atoms with van der Waals surface area (Å²) in [6.45, 7) is 5.07. The lowest BCUT2D eigenvalue weighted by Crippen LogP contribution is -2.47. The highest BCUT2D eigenvalue weighted by molar-refractivity contribution is 5.99. The molecule has 1 fully saturated rings. The van der Waals surface area contributed by atoms with Crippen molar-refractivity contribution in [2.75, 3.05) is 43.9 Å². The molecule has 2 aliphatic rings. The first-order valence-corrected chi connectivity index (χ1v) is 12.8. The van der Waals surface area contributed by atoms with Gasteiger partial charge in [0.15, 0.2) is 0 Å². The lowest BCUT2D eigenvalue weighted by Gasteiger charge is -2.32. The smallest absolute Gasteiger partial charge is 0.323 e. The number of hydrogen-bond acceptors (Lipinski definition) is 6. The number of rotatable bonds is 6. The lowest BCUT2D eigenvalue weighted by molar-refractivity contribution is -0.128. The number of ether oxygens (including phenoxy) is 1. The van der Waals surface area contributed by atoms with Gasteiger partial charge in [0, 0.05) is 62.3 Å². The van der Waals surface area contributed by atoms with Gasteiger partial charge in [-0.3, -0.25) is 9.78 Å². The van der Waals surface area contributed by atoms with Crippen LogP contribution >= 0.6 is 0 Å². The van der Waals surface area contributed by atoms with Crippen molar-refractivity contribution in [3.63, 3.8) is 0 Å². The molecule has 0 spiro atoms. The van der Waals surface area contributed by atoms with E-state index >= 15 is 0 Å². The second-order valence-corrected chi connectivity index (χ2v) is 9.79. The largest absolute Gasteiger partial charge is 0.457 e. The molecule has 202 valence electrons. The SMILES string of the molecule is Cc1ccc(F)c(NC(=O)Nc2ccc(Oc3ccnc(C4CC(C(=O)N5CCN(C)CC5)=CN4)c3)cc2)c1. The van der Waals surface area contributed by atoms with Gasteiger partial charge >= 0.3 is 6.03 Å². The first kappa shape index (κ1) is 26.2. The molecular formula is C29H31FN6O3.